The van der Waals surface area contributed by atoms with E-state index in [9.17, 15) is 17.6 Å². The minimum Gasteiger partial charge on any atom is -0.336 e. The molecule has 10 heteroatoms. The number of aromatic nitrogens is 1. The topological polar surface area (TPSA) is 93.4 Å². The van der Waals surface area contributed by atoms with Crippen molar-refractivity contribution in [2.45, 2.75) is 11.3 Å². The number of nitrogens with zero attached hydrogens (tertiary/aromatic N) is 2. The van der Waals surface area contributed by atoms with Gasteiger partial charge in [-0.15, -0.1) is 11.3 Å². The zero-order valence-electron chi connectivity index (χ0n) is 16.1. The van der Waals surface area contributed by atoms with Crippen LogP contribution >= 0.6 is 22.9 Å². The molecule has 0 bridgehead atoms. The Morgan fingerprint density at radius 2 is 1.77 bits per heavy atom. The van der Waals surface area contributed by atoms with Crippen molar-refractivity contribution in [3.63, 3.8) is 0 Å². The molecule has 160 valence electrons. The summed E-state index contributed by atoms with van der Waals surface area (Å²) in [5.41, 5.74) is 1.64. The summed E-state index contributed by atoms with van der Waals surface area (Å²) in [5.74, 6) is 0.0983. The van der Waals surface area contributed by atoms with E-state index in [1.54, 1.807) is 24.3 Å². The summed E-state index contributed by atoms with van der Waals surface area (Å²) in [7, 11) is -4.18. The maximum absolute atomic E-state index is 14.5. The van der Waals surface area contributed by atoms with Crippen LogP contribution in [0.25, 0.3) is 21.7 Å². The molecule has 2 N–H and O–H groups in total. The van der Waals surface area contributed by atoms with E-state index in [-0.39, 0.29) is 5.91 Å². The predicted molar refractivity (Wildman–Crippen MR) is 117 cm³/mol. The molecule has 2 fully saturated rings. The number of nitrogens with two attached hydrogens (primary N) is 1. The maximum atomic E-state index is 14.5. The van der Waals surface area contributed by atoms with Crippen LogP contribution in [0.15, 0.2) is 47.4 Å². The number of amides is 1. The second kappa shape index (κ2) is 7.37. The van der Waals surface area contributed by atoms with Crippen LogP contribution in [0.5, 0.6) is 0 Å². The molecule has 2 atom stereocenters. The van der Waals surface area contributed by atoms with E-state index in [1.165, 1.54) is 12.5 Å². The number of halogens is 2. The first-order valence-corrected chi connectivity index (χ1v) is 12.3. The van der Waals surface area contributed by atoms with Crippen molar-refractivity contribution in [3.05, 3.63) is 58.3 Å². The lowest BCUT2D eigenvalue weighted by Gasteiger charge is -2.15. The highest BCUT2D eigenvalue weighted by Gasteiger charge is 2.47. The smallest absolute Gasteiger partial charge is 0.282 e. The molecular formula is C21H17ClFN3O3S2. The van der Waals surface area contributed by atoms with E-state index < -0.39 is 20.7 Å². The molecule has 1 saturated heterocycles. The van der Waals surface area contributed by atoms with Gasteiger partial charge in [-0.1, -0.05) is 29.8 Å². The van der Waals surface area contributed by atoms with E-state index in [0.717, 1.165) is 42.1 Å². The van der Waals surface area contributed by atoms with Gasteiger partial charge < -0.3 is 4.90 Å². The lowest BCUT2D eigenvalue weighted by molar-refractivity contribution is 0.0775. The number of benzene rings is 2. The van der Waals surface area contributed by atoms with Crippen molar-refractivity contribution >= 4 is 38.9 Å². The lowest BCUT2D eigenvalue weighted by Crippen LogP contribution is -2.30. The van der Waals surface area contributed by atoms with Crippen LogP contribution in [0.2, 0.25) is 5.02 Å². The van der Waals surface area contributed by atoms with Crippen LogP contribution in [-0.4, -0.2) is 37.3 Å². The second-order valence-corrected chi connectivity index (χ2v) is 10.8. The van der Waals surface area contributed by atoms with Gasteiger partial charge in [-0.2, -0.15) is 0 Å². The molecule has 6 nitrogen and oxygen atoms in total. The van der Waals surface area contributed by atoms with Crippen molar-refractivity contribution in [1.82, 2.24) is 9.88 Å². The zero-order valence-corrected chi connectivity index (χ0v) is 18.5. The maximum Gasteiger partial charge on any atom is 0.282 e. The molecule has 1 amide bonds. The number of hydrogen-bond acceptors (Lipinski definition) is 5. The van der Waals surface area contributed by atoms with Gasteiger partial charge in [0.05, 0.1) is 10.6 Å². The minimum atomic E-state index is -4.18. The van der Waals surface area contributed by atoms with Crippen molar-refractivity contribution in [2.75, 3.05) is 13.1 Å². The van der Waals surface area contributed by atoms with Gasteiger partial charge in [0.25, 0.3) is 5.91 Å². The molecule has 1 saturated carbocycles. The van der Waals surface area contributed by atoms with Crippen molar-refractivity contribution in [2.24, 2.45) is 17.0 Å². The Kier molecular flexibility index (Phi) is 4.89. The summed E-state index contributed by atoms with van der Waals surface area (Å²) in [6.07, 6.45) is 1.18. The molecule has 5 rings (SSSR count). The molecule has 2 heterocycles. The zero-order chi connectivity index (χ0) is 21.9. The summed E-state index contributed by atoms with van der Waals surface area (Å²) in [5, 5.41) is 5.94. The van der Waals surface area contributed by atoms with Gasteiger partial charge >= 0.3 is 0 Å². The van der Waals surface area contributed by atoms with Crippen molar-refractivity contribution < 1.29 is 17.6 Å². The highest BCUT2D eigenvalue weighted by atomic mass is 35.5. The number of carbonyl (C=O) groups is 1. The minimum absolute atomic E-state index is 0.139. The number of carbonyl (C=O) groups excluding carboxylic acids is 1. The summed E-state index contributed by atoms with van der Waals surface area (Å²) in [6.45, 7) is 1.48. The van der Waals surface area contributed by atoms with Gasteiger partial charge in [0.15, 0.2) is 5.01 Å². The van der Waals surface area contributed by atoms with Crippen molar-refractivity contribution in [1.29, 1.82) is 0 Å². The second-order valence-electron chi connectivity index (χ2n) is 7.86. The fourth-order valence-electron chi connectivity index (χ4n) is 3.98. The Balaban J connectivity index is 1.59. The standard InChI is InChI=1S/C21H17ClFN3O3S2/c22-15-4-1-11(2-5-15)18-19(12-3-6-17(16(23)8-12)31(24,28)29)30-20(25-18)21(27)26-9-13-7-14(13)10-26/h1-6,8,13-14H,7,9-10H2,(H2,24,28,29). The first-order chi connectivity index (χ1) is 14.7. The third kappa shape index (κ3) is 3.87. The Morgan fingerprint density at radius 1 is 1.13 bits per heavy atom. The highest BCUT2D eigenvalue weighted by molar-refractivity contribution is 7.89. The van der Waals surface area contributed by atoms with E-state index in [1.807, 2.05) is 4.90 Å². The number of fused-ring (bicyclic) bond motifs is 1. The number of sulfonamides is 1. The van der Waals surface area contributed by atoms with Crippen molar-refractivity contribution in [3.8, 4) is 21.7 Å². The van der Waals surface area contributed by atoms with Crippen LogP contribution in [0, 0.1) is 17.7 Å². The summed E-state index contributed by atoms with van der Waals surface area (Å²) >= 11 is 7.16. The van der Waals surface area contributed by atoms with E-state index in [0.29, 0.717) is 38.0 Å². The van der Waals surface area contributed by atoms with E-state index in [4.69, 9.17) is 16.7 Å². The molecule has 2 aromatic carbocycles. The highest BCUT2D eigenvalue weighted by Crippen LogP contribution is 2.46. The fourth-order valence-corrected chi connectivity index (χ4v) is 5.75. The van der Waals surface area contributed by atoms with Gasteiger partial charge in [-0.25, -0.2) is 22.9 Å². The summed E-state index contributed by atoms with van der Waals surface area (Å²) in [4.78, 5) is 19.4. The lowest BCUT2D eigenvalue weighted by atomic mass is 10.1. The number of rotatable bonds is 4. The van der Waals surface area contributed by atoms with E-state index in [2.05, 4.69) is 4.98 Å². The molecule has 1 aromatic heterocycles. The number of hydrogen-bond donors (Lipinski definition) is 1. The molecule has 1 aliphatic heterocycles. The average Bonchev–Trinajstić information content (AvgIpc) is 3.13. The van der Waals surface area contributed by atoms with E-state index >= 15 is 0 Å². The third-order valence-corrected chi connectivity index (χ3v) is 7.98. The SMILES string of the molecule is NS(=O)(=O)c1ccc(-c2sc(C(=O)N3CC4CC4C3)nc2-c2ccc(Cl)cc2)cc1F. The quantitative estimate of drug-likeness (QED) is 0.614. The summed E-state index contributed by atoms with van der Waals surface area (Å²) < 4.78 is 37.6. The number of primary sulfonamides is 1. The van der Waals surface area contributed by atoms with Crippen LogP contribution in [-0.2, 0) is 10.0 Å². The first kappa shape index (κ1) is 20.6. The number of thiazole rings is 1. The van der Waals surface area contributed by atoms with Crippen LogP contribution in [0.1, 0.15) is 16.2 Å². The Bertz CT molecular complexity index is 1300. The summed E-state index contributed by atoms with van der Waals surface area (Å²) in [6, 6.07) is 10.7. The number of piperidine rings is 1. The van der Waals surface area contributed by atoms with Gasteiger partial charge in [0, 0.05) is 23.7 Å². The van der Waals surface area contributed by atoms with Crippen LogP contribution in [0.3, 0.4) is 0 Å². The van der Waals surface area contributed by atoms with Gasteiger partial charge in [0.1, 0.15) is 10.7 Å². The fraction of sp³-hybridized carbons (Fsp3) is 0.238. The molecule has 0 spiro atoms. The Hall–Kier alpha value is -2.33. The average molecular weight is 478 g/mol. The number of likely N-dealkylation sites (tertiary alicyclic amines) is 1. The molecule has 2 aliphatic rings. The van der Waals surface area contributed by atoms with Gasteiger partial charge in [0.2, 0.25) is 10.0 Å². The molecule has 2 unspecified atom stereocenters. The van der Waals surface area contributed by atoms with Crippen LogP contribution in [0.4, 0.5) is 4.39 Å². The third-order valence-electron chi connectivity index (χ3n) is 5.69. The first-order valence-electron chi connectivity index (χ1n) is 9.59. The molecule has 31 heavy (non-hydrogen) atoms. The Labute approximate surface area is 187 Å². The van der Waals surface area contributed by atoms with Gasteiger partial charge in [-0.3, -0.25) is 4.79 Å². The van der Waals surface area contributed by atoms with Gasteiger partial charge in [-0.05, 0) is 48.1 Å². The molecule has 3 aromatic rings. The Morgan fingerprint density at radius 3 is 2.39 bits per heavy atom. The molecule has 0 radical (unpaired) electrons. The normalized spacial score (nSPS) is 20.0. The predicted octanol–water partition coefficient (Wildman–Crippen LogP) is 4.01. The van der Waals surface area contributed by atoms with Crippen LogP contribution < -0.4 is 5.14 Å². The largest absolute Gasteiger partial charge is 0.336 e. The monoisotopic (exact) mass is 477 g/mol. The molecule has 1 aliphatic carbocycles. The molecular weight excluding hydrogens is 461 g/mol.